The maximum Gasteiger partial charge on any atom is 0.346 e. The molecule has 0 aliphatic carbocycles. The molecule has 1 aliphatic rings. The summed E-state index contributed by atoms with van der Waals surface area (Å²) < 4.78 is 1.70. The first kappa shape index (κ1) is 22.1. The van der Waals surface area contributed by atoms with Crippen molar-refractivity contribution < 1.29 is 9.63 Å². The topological polar surface area (TPSA) is 97.2 Å². The average Bonchev–Trinajstić information content (AvgIpc) is 3.54. The Labute approximate surface area is 202 Å². The van der Waals surface area contributed by atoms with Gasteiger partial charge in [-0.05, 0) is 41.8 Å². The highest BCUT2D eigenvalue weighted by Crippen LogP contribution is 2.30. The third-order valence-electron chi connectivity index (χ3n) is 5.38. The Morgan fingerprint density at radius 2 is 1.91 bits per heavy atom. The molecule has 1 aliphatic heterocycles. The fraction of sp³-hybridized carbons (Fsp3) is 0.154. The first-order valence-electron chi connectivity index (χ1n) is 11.1. The molecule has 2 aromatic carbocycles. The Bertz CT molecular complexity index is 1370. The third kappa shape index (κ3) is 5.46. The highest BCUT2D eigenvalue weighted by molar-refractivity contribution is 5.89. The van der Waals surface area contributed by atoms with Crippen molar-refractivity contribution in [1.29, 1.82) is 0 Å². The van der Waals surface area contributed by atoms with E-state index in [0.717, 1.165) is 23.2 Å². The van der Waals surface area contributed by atoms with E-state index in [1.165, 1.54) is 5.06 Å². The molecule has 0 saturated carbocycles. The van der Waals surface area contributed by atoms with E-state index in [2.05, 4.69) is 37.8 Å². The molecule has 0 spiro atoms. The maximum atomic E-state index is 12.9. The molecule has 2 aromatic heterocycles. The number of amides is 2. The normalized spacial score (nSPS) is 14.8. The summed E-state index contributed by atoms with van der Waals surface area (Å²) in [7, 11) is 1.84. The zero-order valence-electron chi connectivity index (χ0n) is 19.0. The Kier molecular flexibility index (Phi) is 6.37. The lowest BCUT2D eigenvalue weighted by Crippen LogP contribution is -2.33. The smallest absolute Gasteiger partial charge is 0.336 e. The van der Waals surface area contributed by atoms with E-state index in [0.29, 0.717) is 23.8 Å². The van der Waals surface area contributed by atoms with Gasteiger partial charge < -0.3 is 10.6 Å². The Morgan fingerprint density at radius 3 is 2.69 bits per heavy atom. The van der Waals surface area contributed by atoms with Crippen molar-refractivity contribution in [2.24, 2.45) is 7.05 Å². The van der Waals surface area contributed by atoms with Crippen molar-refractivity contribution in [3.05, 3.63) is 95.9 Å². The van der Waals surface area contributed by atoms with Gasteiger partial charge >= 0.3 is 6.03 Å². The lowest BCUT2D eigenvalue weighted by Gasteiger charge is -2.23. The van der Waals surface area contributed by atoms with Crippen molar-refractivity contribution in [1.82, 2.24) is 25.0 Å². The summed E-state index contributed by atoms with van der Waals surface area (Å²) in [5.74, 6) is 6.68. The zero-order chi connectivity index (χ0) is 24.0. The Balaban J connectivity index is 1.23. The number of rotatable bonds is 4. The van der Waals surface area contributed by atoms with Gasteiger partial charge in [0.2, 0.25) is 0 Å². The van der Waals surface area contributed by atoms with Gasteiger partial charge in [0, 0.05) is 30.9 Å². The van der Waals surface area contributed by atoms with Crippen LogP contribution in [0.2, 0.25) is 0 Å². The van der Waals surface area contributed by atoms with E-state index in [-0.39, 0.29) is 12.1 Å². The number of nitrogens with zero attached hydrogens (tertiary/aromatic N) is 5. The molecule has 2 N–H and O–H groups in total. The van der Waals surface area contributed by atoms with E-state index in [1.54, 1.807) is 23.0 Å². The summed E-state index contributed by atoms with van der Waals surface area (Å²) in [6.07, 6.45) is 4.30. The van der Waals surface area contributed by atoms with Crippen LogP contribution in [0.4, 0.5) is 22.0 Å². The van der Waals surface area contributed by atoms with Crippen molar-refractivity contribution in [3.63, 3.8) is 0 Å². The van der Waals surface area contributed by atoms with Crippen LogP contribution in [0.3, 0.4) is 0 Å². The standard InChI is InChI=1S/C26H23N7O2/c1-32-18-23(17-27-32)28-25-13-12-21(30-31-25)11-10-19-6-5-9-22(16-19)29-26(34)33-24(14-15-35-33)20-7-3-2-4-8-20/h2-9,12-13,16-18,24H,14-15H2,1H3,(H,28,31)(H,29,34)/t24-/m0/s1. The van der Waals surface area contributed by atoms with Crippen molar-refractivity contribution in [3.8, 4) is 11.8 Å². The van der Waals surface area contributed by atoms with Crippen LogP contribution in [0, 0.1) is 11.8 Å². The average molecular weight is 466 g/mol. The van der Waals surface area contributed by atoms with Gasteiger partial charge in [-0.2, -0.15) is 10.2 Å². The SMILES string of the molecule is Cn1cc(Nc2ccc(C#Cc3cccc(NC(=O)N4OCC[C@H]4c4ccccc4)c3)nn2)cn1. The summed E-state index contributed by atoms with van der Waals surface area (Å²) in [6.45, 7) is 0.496. The summed E-state index contributed by atoms with van der Waals surface area (Å²) in [5, 5.41) is 19.8. The van der Waals surface area contributed by atoms with E-state index < -0.39 is 0 Å². The number of aryl methyl sites for hydroxylation is 1. The second-order valence-corrected chi connectivity index (χ2v) is 7.97. The number of aromatic nitrogens is 4. The predicted octanol–water partition coefficient (Wildman–Crippen LogP) is 4.26. The second kappa shape index (κ2) is 10.1. The van der Waals surface area contributed by atoms with Crippen LogP contribution >= 0.6 is 0 Å². The van der Waals surface area contributed by atoms with Crippen LogP contribution in [-0.2, 0) is 11.9 Å². The molecule has 1 saturated heterocycles. The summed E-state index contributed by atoms with van der Waals surface area (Å²) in [4.78, 5) is 18.5. The lowest BCUT2D eigenvalue weighted by atomic mass is 10.1. The number of hydrogen-bond donors (Lipinski definition) is 2. The fourth-order valence-corrected chi connectivity index (χ4v) is 3.74. The first-order chi connectivity index (χ1) is 17.1. The van der Waals surface area contributed by atoms with Crippen LogP contribution in [0.5, 0.6) is 0 Å². The van der Waals surface area contributed by atoms with Crippen molar-refractivity contribution in [2.75, 3.05) is 17.2 Å². The number of hydrogen-bond acceptors (Lipinski definition) is 6. The summed E-state index contributed by atoms with van der Waals surface area (Å²) in [6, 6.07) is 20.4. The fourth-order valence-electron chi connectivity index (χ4n) is 3.74. The third-order valence-corrected chi connectivity index (χ3v) is 5.38. The minimum atomic E-state index is -0.316. The molecule has 4 aromatic rings. The number of anilines is 3. The molecule has 9 nitrogen and oxygen atoms in total. The van der Waals surface area contributed by atoms with Gasteiger partial charge in [0.1, 0.15) is 5.69 Å². The molecule has 0 unspecified atom stereocenters. The number of hydroxylamine groups is 2. The minimum absolute atomic E-state index is 0.117. The summed E-state index contributed by atoms with van der Waals surface area (Å²) >= 11 is 0. The van der Waals surface area contributed by atoms with E-state index in [4.69, 9.17) is 4.84 Å². The number of nitrogens with one attached hydrogen (secondary N) is 2. The highest BCUT2D eigenvalue weighted by atomic mass is 16.7. The zero-order valence-corrected chi connectivity index (χ0v) is 19.0. The van der Waals surface area contributed by atoms with Gasteiger partial charge in [-0.25, -0.2) is 4.79 Å². The molecule has 1 atom stereocenters. The molecule has 1 fully saturated rings. The Morgan fingerprint density at radius 1 is 1.03 bits per heavy atom. The minimum Gasteiger partial charge on any atom is -0.336 e. The molecule has 3 heterocycles. The van der Waals surface area contributed by atoms with Crippen molar-refractivity contribution in [2.45, 2.75) is 12.5 Å². The quantitative estimate of drug-likeness (QED) is 0.437. The van der Waals surface area contributed by atoms with Gasteiger partial charge in [-0.15, -0.1) is 10.2 Å². The molecular weight excluding hydrogens is 442 g/mol. The molecule has 0 bridgehead atoms. The van der Waals surface area contributed by atoms with Gasteiger partial charge in [-0.3, -0.25) is 9.52 Å². The molecule has 5 rings (SSSR count). The molecular formula is C26H23N7O2. The lowest BCUT2D eigenvalue weighted by molar-refractivity contribution is -0.0829. The summed E-state index contributed by atoms with van der Waals surface area (Å²) in [5.41, 5.74) is 3.78. The van der Waals surface area contributed by atoms with Gasteiger partial charge in [-0.1, -0.05) is 42.3 Å². The molecule has 2 amide bonds. The van der Waals surface area contributed by atoms with E-state index in [9.17, 15) is 4.79 Å². The number of carbonyl (C=O) groups is 1. The van der Waals surface area contributed by atoms with Crippen LogP contribution in [0.15, 0.2) is 79.1 Å². The molecule has 9 heteroatoms. The van der Waals surface area contributed by atoms with Crippen LogP contribution < -0.4 is 10.6 Å². The maximum absolute atomic E-state index is 12.9. The largest absolute Gasteiger partial charge is 0.346 e. The van der Waals surface area contributed by atoms with Gasteiger partial charge in [0.15, 0.2) is 5.82 Å². The van der Waals surface area contributed by atoms with Gasteiger partial charge in [0.25, 0.3) is 0 Å². The highest BCUT2D eigenvalue weighted by Gasteiger charge is 2.31. The van der Waals surface area contributed by atoms with Gasteiger partial charge in [0.05, 0.1) is 24.5 Å². The number of carbonyl (C=O) groups excluding carboxylic acids is 1. The monoisotopic (exact) mass is 465 g/mol. The van der Waals surface area contributed by atoms with Crippen molar-refractivity contribution >= 4 is 23.2 Å². The molecule has 0 radical (unpaired) electrons. The van der Waals surface area contributed by atoms with Crippen LogP contribution in [-0.4, -0.2) is 37.7 Å². The first-order valence-corrected chi connectivity index (χ1v) is 11.1. The van der Waals surface area contributed by atoms with Crippen LogP contribution in [0.25, 0.3) is 0 Å². The molecule has 174 valence electrons. The Hall–Kier alpha value is -4.68. The van der Waals surface area contributed by atoms with E-state index >= 15 is 0 Å². The van der Waals surface area contributed by atoms with E-state index in [1.807, 2.05) is 67.8 Å². The predicted molar refractivity (Wildman–Crippen MR) is 132 cm³/mol. The second-order valence-electron chi connectivity index (χ2n) is 7.97. The molecule has 35 heavy (non-hydrogen) atoms. The number of benzene rings is 2. The number of urea groups is 1. The van der Waals surface area contributed by atoms with Crippen LogP contribution in [0.1, 0.15) is 29.3 Å².